The van der Waals surface area contributed by atoms with Gasteiger partial charge in [-0.25, -0.2) is 0 Å². The van der Waals surface area contributed by atoms with Crippen molar-refractivity contribution < 1.29 is 0 Å². The average Bonchev–Trinajstić information content (AvgIpc) is 2.41. The van der Waals surface area contributed by atoms with Gasteiger partial charge in [0.05, 0.1) is 10.0 Å². The Kier molecular flexibility index (Phi) is 5.85. The number of hydrogen-bond donors (Lipinski definition) is 1. The predicted molar refractivity (Wildman–Crippen MR) is 86.8 cm³/mol. The molecular formula is C14H20Cl2N2S. The number of benzene rings is 1. The predicted octanol–water partition coefficient (Wildman–Crippen LogP) is 3.17. The monoisotopic (exact) mass is 318 g/mol. The van der Waals surface area contributed by atoms with Gasteiger partial charge < -0.3 is 10.2 Å². The summed E-state index contributed by atoms with van der Waals surface area (Å²) in [5, 5.41) is 4.77. The Hall–Kier alpha value is 0.0700. The zero-order valence-electron chi connectivity index (χ0n) is 11.3. The molecule has 0 aliphatic carbocycles. The van der Waals surface area contributed by atoms with E-state index in [1.807, 2.05) is 30.9 Å². The van der Waals surface area contributed by atoms with E-state index < -0.39 is 0 Å². The molecule has 0 spiro atoms. The lowest BCUT2D eigenvalue weighted by molar-refractivity contribution is 0.219. The Bertz CT molecular complexity index is 428. The first-order valence-electron chi connectivity index (χ1n) is 6.51. The molecule has 5 heteroatoms. The van der Waals surface area contributed by atoms with Crippen LogP contribution in [0, 0.1) is 0 Å². The maximum atomic E-state index is 6.29. The van der Waals surface area contributed by atoms with Crippen molar-refractivity contribution in [2.45, 2.75) is 18.5 Å². The number of nitrogens with zero attached hydrogens (tertiary/aromatic N) is 1. The second-order valence-electron chi connectivity index (χ2n) is 4.94. The third-order valence-corrected chi connectivity index (χ3v) is 5.66. The summed E-state index contributed by atoms with van der Waals surface area (Å²) < 4.78 is 0. The molecule has 106 valence electrons. The normalized spacial score (nSPS) is 22.4. The zero-order valence-corrected chi connectivity index (χ0v) is 13.7. The van der Waals surface area contributed by atoms with E-state index in [1.165, 1.54) is 11.5 Å². The minimum absolute atomic E-state index is 0.397. The molecule has 0 radical (unpaired) electrons. The lowest BCUT2D eigenvalue weighted by atomic mass is 9.99. The van der Waals surface area contributed by atoms with Crippen molar-refractivity contribution in [3.8, 4) is 0 Å². The molecule has 1 aromatic carbocycles. The van der Waals surface area contributed by atoms with Gasteiger partial charge >= 0.3 is 0 Å². The van der Waals surface area contributed by atoms with Crippen molar-refractivity contribution in [1.82, 2.24) is 10.2 Å². The van der Waals surface area contributed by atoms with E-state index >= 15 is 0 Å². The molecule has 0 aromatic heterocycles. The highest BCUT2D eigenvalue weighted by atomic mass is 35.5. The molecule has 1 saturated heterocycles. The van der Waals surface area contributed by atoms with Gasteiger partial charge in [-0.15, -0.1) is 0 Å². The average molecular weight is 319 g/mol. The molecule has 0 bridgehead atoms. The molecule has 1 N–H and O–H groups in total. The van der Waals surface area contributed by atoms with Gasteiger partial charge in [0.1, 0.15) is 0 Å². The molecule has 2 atom stereocenters. The summed E-state index contributed by atoms with van der Waals surface area (Å²) in [5.74, 6) is 2.39. The summed E-state index contributed by atoms with van der Waals surface area (Å²) in [6.07, 6.45) is 0.908. The van der Waals surface area contributed by atoms with Gasteiger partial charge in [0.25, 0.3) is 0 Å². The molecule has 1 aromatic rings. The molecule has 2 rings (SSSR count). The molecule has 1 aliphatic rings. The topological polar surface area (TPSA) is 15.3 Å². The summed E-state index contributed by atoms with van der Waals surface area (Å²) in [7, 11) is 4.23. The first-order valence-corrected chi connectivity index (χ1v) is 8.42. The van der Waals surface area contributed by atoms with Crippen molar-refractivity contribution >= 4 is 35.0 Å². The van der Waals surface area contributed by atoms with Crippen molar-refractivity contribution in [2.24, 2.45) is 0 Å². The number of rotatable bonds is 4. The molecule has 19 heavy (non-hydrogen) atoms. The Labute approximate surface area is 129 Å². The maximum Gasteiger partial charge on any atom is 0.0624 e. The molecule has 0 amide bonds. The Morgan fingerprint density at radius 2 is 2.26 bits per heavy atom. The highest BCUT2D eigenvalue weighted by Gasteiger charge is 2.27. The van der Waals surface area contributed by atoms with Gasteiger partial charge in [-0.1, -0.05) is 35.3 Å². The fourth-order valence-corrected chi connectivity index (χ4v) is 4.21. The van der Waals surface area contributed by atoms with Crippen LogP contribution >= 0.6 is 35.0 Å². The smallest absolute Gasteiger partial charge is 0.0624 e. The van der Waals surface area contributed by atoms with Gasteiger partial charge in [-0.05, 0) is 32.1 Å². The van der Waals surface area contributed by atoms with Gasteiger partial charge in [-0.3, -0.25) is 0 Å². The van der Waals surface area contributed by atoms with Crippen LogP contribution in [0.5, 0.6) is 0 Å². The standard InChI is InChI=1S/C14H20Cl2N2S/c1-17-12(13-9-19-7-6-18(13)2)8-10-4-3-5-11(15)14(10)16/h3-5,12-13,17H,6-9H2,1-2H3. The summed E-state index contributed by atoms with van der Waals surface area (Å²) in [6, 6.07) is 6.81. The van der Waals surface area contributed by atoms with E-state index in [0.717, 1.165) is 18.5 Å². The lowest BCUT2D eigenvalue weighted by Crippen LogP contribution is -2.52. The SMILES string of the molecule is CNC(Cc1cccc(Cl)c1Cl)C1CSCCN1C. The van der Waals surface area contributed by atoms with Crippen LogP contribution < -0.4 is 5.32 Å². The van der Waals surface area contributed by atoms with E-state index in [1.54, 1.807) is 0 Å². The van der Waals surface area contributed by atoms with Crippen LogP contribution in [0.4, 0.5) is 0 Å². The first kappa shape index (κ1) is 15.5. The quantitative estimate of drug-likeness (QED) is 0.918. The molecule has 1 aliphatic heterocycles. The Balaban J connectivity index is 2.12. The molecule has 1 fully saturated rings. The lowest BCUT2D eigenvalue weighted by Gasteiger charge is -2.37. The van der Waals surface area contributed by atoms with E-state index in [-0.39, 0.29) is 0 Å². The Morgan fingerprint density at radius 1 is 1.47 bits per heavy atom. The van der Waals surface area contributed by atoms with Gasteiger partial charge in [0, 0.05) is 30.1 Å². The first-order chi connectivity index (χ1) is 9.13. The van der Waals surface area contributed by atoms with Crippen LogP contribution in [-0.4, -0.2) is 49.1 Å². The number of thioether (sulfide) groups is 1. The van der Waals surface area contributed by atoms with Crippen LogP contribution in [0.15, 0.2) is 18.2 Å². The number of nitrogens with one attached hydrogen (secondary N) is 1. The highest BCUT2D eigenvalue weighted by Crippen LogP contribution is 2.28. The van der Waals surface area contributed by atoms with Gasteiger partial charge in [0.15, 0.2) is 0 Å². The van der Waals surface area contributed by atoms with E-state index in [9.17, 15) is 0 Å². The largest absolute Gasteiger partial charge is 0.315 e. The van der Waals surface area contributed by atoms with Crippen LogP contribution in [0.1, 0.15) is 5.56 Å². The number of halogens is 2. The number of likely N-dealkylation sites (N-methyl/N-ethyl adjacent to an activating group) is 2. The summed E-state index contributed by atoms with van der Waals surface area (Å²) in [6.45, 7) is 1.15. The van der Waals surface area contributed by atoms with Crippen molar-refractivity contribution in [3.63, 3.8) is 0 Å². The Morgan fingerprint density at radius 3 is 2.95 bits per heavy atom. The van der Waals surface area contributed by atoms with Crippen molar-refractivity contribution in [2.75, 3.05) is 32.1 Å². The second-order valence-corrected chi connectivity index (χ2v) is 6.87. The summed E-state index contributed by atoms with van der Waals surface area (Å²) in [4.78, 5) is 2.44. The van der Waals surface area contributed by atoms with Gasteiger partial charge in [0.2, 0.25) is 0 Å². The van der Waals surface area contributed by atoms with E-state index in [4.69, 9.17) is 23.2 Å². The fourth-order valence-electron chi connectivity index (χ4n) is 2.50. The third kappa shape index (κ3) is 3.79. The van der Waals surface area contributed by atoms with Gasteiger partial charge in [-0.2, -0.15) is 11.8 Å². The second kappa shape index (κ2) is 7.19. The minimum Gasteiger partial charge on any atom is -0.315 e. The molecule has 2 unspecified atom stereocenters. The van der Waals surface area contributed by atoms with E-state index in [2.05, 4.69) is 23.3 Å². The van der Waals surface area contributed by atoms with Crippen LogP contribution in [0.3, 0.4) is 0 Å². The zero-order chi connectivity index (χ0) is 13.8. The van der Waals surface area contributed by atoms with Crippen LogP contribution in [-0.2, 0) is 6.42 Å². The van der Waals surface area contributed by atoms with Crippen molar-refractivity contribution in [3.05, 3.63) is 33.8 Å². The van der Waals surface area contributed by atoms with Crippen LogP contribution in [0.25, 0.3) is 0 Å². The molecule has 0 saturated carbocycles. The molecule has 1 heterocycles. The maximum absolute atomic E-state index is 6.29. The third-order valence-electron chi connectivity index (χ3n) is 3.75. The summed E-state index contributed by atoms with van der Waals surface area (Å²) >= 11 is 14.4. The summed E-state index contributed by atoms with van der Waals surface area (Å²) in [5.41, 5.74) is 1.12. The molecular weight excluding hydrogens is 299 g/mol. The minimum atomic E-state index is 0.397. The number of hydrogen-bond acceptors (Lipinski definition) is 3. The van der Waals surface area contributed by atoms with E-state index in [0.29, 0.717) is 22.1 Å². The fraction of sp³-hybridized carbons (Fsp3) is 0.571. The molecule has 2 nitrogen and oxygen atoms in total. The van der Waals surface area contributed by atoms with Crippen molar-refractivity contribution in [1.29, 1.82) is 0 Å². The highest BCUT2D eigenvalue weighted by molar-refractivity contribution is 7.99. The van der Waals surface area contributed by atoms with Crippen LogP contribution in [0.2, 0.25) is 10.0 Å².